The summed E-state index contributed by atoms with van der Waals surface area (Å²) in [4.78, 5) is 8.57. The first kappa shape index (κ1) is 21.7. The normalized spacial score (nSPS) is 18.0. The van der Waals surface area contributed by atoms with Crippen molar-refractivity contribution in [1.29, 1.82) is 0 Å². The molecule has 2 heterocycles. The molecule has 7 heteroatoms. The molecule has 1 aromatic heterocycles. The number of aliphatic imine (C=N–C) groups is 1. The molecule has 2 rings (SSSR count). The summed E-state index contributed by atoms with van der Waals surface area (Å²) in [6.07, 6.45) is 2.59. The molecule has 0 radical (unpaired) electrons. The molecule has 2 atom stereocenters. The minimum absolute atomic E-state index is 0. The highest BCUT2D eigenvalue weighted by atomic mass is 127. The van der Waals surface area contributed by atoms with Crippen LogP contribution in [0, 0.1) is 5.92 Å². The Hall–Kier alpha value is -0.380. The van der Waals surface area contributed by atoms with Gasteiger partial charge in [0.2, 0.25) is 0 Å². The molecule has 0 spiro atoms. The van der Waals surface area contributed by atoms with E-state index in [-0.39, 0.29) is 36.5 Å². The molecule has 0 saturated carbocycles. The standard InChI is InChI=1S/C17H30N4OS.HI/c1-3-18-17(19-11-14(2)13-22)20-12-15(16-7-6-10-23-16)21-8-4-5-9-21;/h6-7,10,14-15,22H,3-5,8-9,11-13H2,1-2H3,(H2,18,19,20);1H. The molecule has 1 fully saturated rings. The van der Waals surface area contributed by atoms with Gasteiger partial charge in [-0.2, -0.15) is 0 Å². The molecular formula is C17H31IN4OS. The Morgan fingerprint density at radius 1 is 1.38 bits per heavy atom. The van der Waals surface area contributed by atoms with E-state index in [0.29, 0.717) is 12.6 Å². The van der Waals surface area contributed by atoms with Crippen molar-refractivity contribution < 1.29 is 5.11 Å². The van der Waals surface area contributed by atoms with Crippen LogP contribution in [0.2, 0.25) is 0 Å². The number of hydrogen-bond donors (Lipinski definition) is 3. The first-order chi connectivity index (χ1) is 11.2. The number of nitrogens with one attached hydrogen (secondary N) is 2. The maximum absolute atomic E-state index is 9.15. The van der Waals surface area contributed by atoms with Crippen LogP contribution >= 0.6 is 35.3 Å². The van der Waals surface area contributed by atoms with Gasteiger partial charge in [-0.15, -0.1) is 35.3 Å². The number of aliphatic hydroxyl groups excluding tert-OH is 1. The van der Waals surface area contributed by atoms with E-state index >= 15 is 0 Å². The summed E-state index contributed by atoms with van der Waals surface area (Å²) in [5, 5.41) is 18.1. The van der Waals surface area contributed by atoms with Crippen LogP contribution in [0.4, 0.5) is 0 Å². The minimum atomic E-state index is 0. The summed E-state index contributed by atoms with van der Waals surface area (Å²) in [6, 6.07) is 4.77. The van der Waals surface area contributed by atoms with Crippen molar-refractivity contribution in [2.45, 2.75) is 32.7 Å². The van der Waals surface area contributed by atoms with E-state index in [4.69, 9.17) is 5.11 Å². The second-order valence-electron chi connectivity index (χ2n) is 6.16. The summed E-state index contributed by atoms with van der Waals surface area (Å²) >= 11 is 1.83. The Balaban J connectivity index is 0.00000288. The van der Waals surface area contributed by atoms with Gasteiger partial charge in [-0.3, -0.25) is 9.89 Å². The molecule has 3 N–H and O–H groups in total. The van der Waals surface area contributed by atoms with Crippen LogP contribution < -0.4 is 10.6 Å². The number of thiophene rings is 1. The topological polar surface area (TPSA) is 59.9 Å². The monoisotopic (exact) mass is 466 g/mol. The molecule has 138 valence electrons. The molecular weight excluding hydrogens is 435 g/mol. The van der Waals surface area contributed by atoms with Gasteiger partial charge in [-0.25, -0.2) is 0 Å². The number of aliphatic hydroxyl groups is 1. The molecule has 0 bridgehead atoms. The van der Waals surface area contributed by atoms with Gasteiger partial charge in [0, 0.05) is 31.1 Å². The smallest absolute Gasteiger partial charge is 0.191 e. The molecule has 0 amide bonds. The van der Waals surface area contributed by atoms with Crippen LogP contribution in [-0.4, -0.2) is 55.3 Å². The van der Waals surface area contributed by atoms with Crippen LogP contribution in [0.5, 0.6) is 0 Å². The second kappa shape index (κ2) is 12.1. The Bertz CT molecular complexity index is 463. The molecule has 0 aliphatic carbocycles. The highest BCUT2D eigenvalue weighted by Crippen LogP contribution is 2.27. The fraction of sp³-hybridized carbons (Fsp3) is 0.706. The number of hydrogen-bond acceptors (Lipinski definition) is 4. The molecule has 2 unspecified atom stereocenters. The summed E-state index contributed by atoms with van der Waals surface area (Å²) in [6.45, 7) is 8.95. The van der Waals surface area contributed by atoms with Crippen molar-refractivity contribution in [1.82, 2.24) is 15.5 Å². The molecule has 1 aliphatic heterocycles. The van der Waals surface area contributed by atoms with E-state index in [1.54, 1.807) is 0 Å². The van der Waals surface area contributed by atoms with E-state index in [1.807, 2.05) is 18.3 Å². The molecule has 1 saturated heterocycles. The third-order valence-corrected chi connectivity index (χ3v) is 5.11. The van der Waals surface area contributed by atoms with Crippen LogP contribution in [0.1, 0.15) is 37.6 Å². The van der Waals surface area contributed by atoms with E-state index < -0.39 is 0 Å². The lowest BCUT2D eigenvalue weighted by Crippen LogP contribution is -2.42. The SMILES string of the molecule is CCNC(=NCC(C)CO)NCC(c1cccs1)N1CCCC1.I. The lowest BCUT2D eigenvalue weighted by atomic mass is 10.2. The first-order valence-electron chi connectivity index (χ1n) is 8.65. The fourth-order valence-electron chi connectivity index (χ4n) is 2.78. The number of likely N-dealkylation sites (tertiary alicyclic amines) is 1. The molecule has 0 aromatic carbocycles. The summed E-state index contributed by atoms with van der Waals surface area (Å²) in [7, 11) is 0. The van der Waals surface area contributed by atoms with Gasteiger partial charge >= 0.3 is 0 Å². The average molecular weight is 466 g/mol. The van der Waals surface area contributed by atoms with Gasteiger partial charge < -0.3 is 15.7 Å². The highest BCUT2D eigenvalue weighted by molar-refractivity contribution is 14.0. The van der Waals surface area contributed by atoms with Crippen molar-refractivity contribution in [3.05, 3.63) is 22.4 Å². The van der Waals surface area contributed by atoms with Crippen molar-refractivity contribution in [3.8, 4) is 0 Å². The third kappa shape index (κ3) is 6.85. The van der Waals surface area contributed by atoms with E-state index in [9.17, 15) is 0 Å². The highest BCUT2D eigenvalue weighted by Gasteiger charge is 2.24. The van der Waals surface area contributed by atoms with E-state index in [1.165, 1.54) is 30.8 Å². The quantitative estimate of drug-likeness (QED) is 0.313. The Kier molecular flexibility index (Phi) is 10.9. The van der Waals surface area contributed by atoms with Gasteiger partial charge in [0.25, 0.3) is 0 Å². The van der Waals surface area contributed by atoms with Gasteiger partial charge in [0.05, 0.1) is 6.04 Å². The van der Waals surface area contributed by atoms with Crippen molar-refractivity contribution in [3.63, 3.8) is 0 Å². The predicted molar refractivity (Wildman–Crippen MR) is 114 cm³/mol. The zero-order chi connectivity index (χ0) is 16.5. The van der Waals surface area contributed by atoms with Crippen molar-refractivity contribution in [2.24, 2.45) is 10.9 Å². The van der Waals surface area contributed by atoms with E-state index in [0.717, 1.165) is 19.0 Å². The summed E-state index contributed by atoms with van der Waals surface area (Å²) in [5.41, 5.74) is 0. The molecule has 1 aliphatic rings. The molecule has 1 aromatic rings. The Morgan fingerprint density at radius 3 is 2.71 bits per heavy atom. The minimum Gasteiger partial charge on any atom is -0.396 e. The Morgan fingerprint density at radius 2 is 2.12 bits per heavy atom. The maximum atomic E-state index is 9.15. The van der Waals surface area contributed by atoms with Crippen molar-refractivity contribution >= 4 is 41.3 Å². The second-order valence-corrected chi connectivity index (χ2v) is 7.14. The summed E-state index contributed by atoms with van der Waals surface area (Å²) in [5.74, 6) is 1.03. The number of rotatable bonds is 8. The zero-order valence-electron chi connectivity index (χ0n) is 14.7. The first-order valence-corrected chi connectivity index (χ1v) is 9.53. The molecule has 5 nitrogen and oxygen atoms in total. The lowest BCUT2D eigenvalue weighted by Gasteiger charge is -2.27. The van der Waals surface area contributed by atoms with Crippen LogP contribution in [-0.2, 0) is 0 Å². The Labute approximate surface area is 167 Å². The molecule has 24 heavy (non-hydrogen) atoms. The third-order valence-electron chi connectivity index (χ3n) is 4.13. The predicted octanol–water partition coefficient (Wildman–Crippen LogP) is 2.69. The number of halogens is 1. The van der Waals surface area contributed by atoms with Crippen LogP contribution in [0.25, 0.3) is 0 Å². The lowest BCUT2D eigenvalue weighted by molar-refractivity contribution is 0.241. The summed E-state index contributed by atoms with van der Waals surface area (Å²) < 4.78 is 0. The number of guanidine groups is 1. The van der Waals surface area contributed by atoms with Crippen molar-refractivity contribution in [2.75, 3.05) is 39.3 Å². The van der Waals surface area contributed by atoms with E-state index in [2.05, 4.69) is 45.0 Å². The fourth-order valence-corrected chi connectivity index (χ4v) is 3.64. The van der Waals surface area contributed by atoms with Crippen LogP contribution in [0.3, 0.4) is 0 Å². The van der Waals surface area contributed by atoms with Gasteiger partial charge in [-0.05, 0) is 50.2 Å². The maximum Gasteiger partial charge on any atom is 0.191 e. The van der Waals surface area contributed by atoms with Crippen LogP contribution in [0.15, 0.2) is 22.5 Å². The van der Waals surface area contributed by atoms with Gasteiger partial charge in [0.15, 0.2) is 5.96 Å². The number of nitrogens with zero attached hydrogens (tertiary/aromatic N) is 2. The largest absolute Gasteiger partial charge is 0.396 e. The zero-order valence-corrected chi connectivity index (χ0v) is 17.8. The van der Waals surface area contributed by atoms with Gasteiger partial charge in [0.1, 0.15) is 0 Å². The average Bonchev–Trinajstić information content (AvgIpc) is 3.26. The van der Waals surface area contributed by atoms with Gasteiger partial charge in [-0.1, -0.05) is 13.0 Å².